The number of hydrogen-bond acceptors (Lipinski definition) is 2. The highest BCUT2D eigenvalue weighted by molar-refractivity contribution is 5.87. The zero-order chi connectivity index (χ0) is 13.1. The van der Waals surface area contributed by atoms with Crippen molar-refractivity contribution in [3.05, 3.63) is 35.1 Å². The molecule has 17 heavy (non-hydrogen) atoms. The summed E-state index contributed by atoms with van der Waals surface area (Å²) in [6, 6.07) is 3.67. The second kappa shape index (κ2) is 4.98. The van der Waals surface area contributed by atoms with Crippen LogP contribution in [0.5, 0.6) is 0 Å². The molecule has 0 aliphatic heterocycles. The molecule has 0 aromatic heterocycles. The number of carbonyl (C=O) groups is 1. The first kappa shape index (κ1) is 13.2. The Balaban J connectivity index is 2.88. The Morgan fingerprint density at radius 1 is 1.59 bits per heavy atom. The van der Waals surface area contributed by atoms with Gasteiger partial charge in [-0.1, -0.05) is 5.92 Å². The molecule has 1 aromatic carbocycles. The van der Waals surface area contributed by atoms with Crippen molar-refractivity contribution in [2.45, 2.75) is 25.9 Å². The lowest BCUT2D eigenvalue weighted by atomic mass is 10.1. The van der Waals surface area contributed by atoms with E-state index in [4.69, 9.17) is 11.5 Å². The van der Waals surface area contributed by atoms with Crippen LogP contribution in [0.15, 0.2) is 18.2 Å². The van der Waals surface area contributed by atoms with Crippen LogP contribution < -0.4 is 5.32 Å². The van der Waals surface area contributed by atoms with Crippen molar-refractivity contribution in [2.75, 3.05) is 0 Å². The molecule has 0 saturated carbocycles. The van der Waals surface area contributed by atoms with Crippen molar-refractivity contribution in [1.82, 2.24) is 5.32 Å². The first-order chi connectivity index (χ1) is 7.85. The zero-order valence-electron chi connectivity index (χ0n) is 9.75. The molecule has 0 unspecified atom stereocenters. The molecule has 2 N–H and O–H groups in total. The van der Waals surface area contributed by atoms with Crippen LogP contribution in [0.25, 0.3) is 0 Å². The summed E-state index contributed by atoms with van der Waals surface area (Å²) in [6.45, 7) is 3.75. The van der Waals surface area contributed by atoms with Crippen LogP contribution in [0.3, 0.4) is 0 Å². The molecular formula is C13H14FNO2. The van der Waals surface area contributed by atoms with Crippen LogP contribution in [0.1, 0.15) is 29.8 Å². The summed E-state index contributed by atoms with van der Waals surface area (Å²) < 4.78 is 13.4. The summed E-state index contributed by atoms with van der Waals surface area (Å²) in [5.41, 5.74) is -0.221. The molecule has 0 aliphatic rings. The SMILES string of the molecule is C#CC(C)(C)NCc1cc(C(=O)O)ccc1F. The zero-order valence-corrected chi connectivity index (χ0v) is 9.75. The van der Waals surface area contributed by atoms with Gasteiger partial charge in [-0.2, -0.15) is 0 Å². The lowest BCUT2D eigenvalue weighted by Crippen LogP contribution is -2.37. The summed E-state index contributed by atoms with van der Waals surface area (Å²) in [5, 5.41) is 11.8. The van der Waals surface area contributed by atoms with Crippen molar-refractivity contribution >= 4 is 5.97 Å². The Hall–Kier alpha value is -1.86. The van der Waals surface area contributed by atoms with Crippen LogP contribution in [0.2, 0.25) is 0 Å². The lowest BCUT2D eigenvalue weighted by molar-refractivity contribution is 0.0696. The first-order valence-electron chi connectivity index (χ1n) is 5.10. The number of benzene rings is 1. The number of carboxylic acid groups (broad SMARTS) is 1. The van der Waals surface area contributed by atoms with Crippen LogP contribution in [0, 0.1) is 18.2 Å². The summed E-state index contributed by atoms with van der Waals surface area (Å²) in [4.78, 5) is 10.7. The molecule has 4 heteroatoms. The van der Waals surface area contributed by atoms with Crippen LogP contribution >= 0.6 is 0 Å². The number of nitrogens with one attached hydrogen (secondary N) is 1. The third kappa shape index (κ3) is 3.58. The number of terminal acetylenes is 1. The summed E-state index contributed by atoms with van der Waals surface area (Å²) >= 11 is 0. The summed E-state index contributed by atoms with van der Waals surface area (Å²) in [5.74, 6) is 0.989. The fraction of sp³-hybridized carbons (Fsp3) is 0.308. The quantitative estimate of drug-likeness (QED) is 0.785. The van der Waals surface area contributed by atoms with Gasteiger partial charge in [0.05, 0.1) is 11.1 Å². The molecule has 0 amide bonds. The Labute approximate surface area is 99.7 Å². The topological polar surface area (TPSA) is 49.3 Å². The van der Waals surface area contributed by atoms with Gasteiger partial charge in [0.25, 0.3) is 0 Å². The second-order valence-electron chi connectivity index (χ2n) is 4.23. The average Bonchev–Trinajstić information content (AvgIpc) is 2.27. The predicted molar refractivity (Wildman–Crippen MR) is 63.1 cm³/mol. The predicted octanol–water partition coefficient (Wildman–Crippen LogP) is 2.03. The molecule has 0 saturated heterocycles. The van der Waals surface area contributed by atoms with E-state index in [1.54, 1.807) is 13.8 Å². The highest BCUT2D eigenvalue weighted by Crippen LogP contribution is 2.12. The van der Waals surface area contributed by atoms with Gasteiger partial charge in [-0.3, -0.25) is 5.32 Å². The molecule has 90 valence electrons. The summed E-state index contributed by atoms with van der Waals surface area (Å²) in [6.07, 6.45) is 5.29. The first-order valence-corrected chi connectivity index (χ1v) is 5.10. The highest BCUT2D eigenvalue weighted by atomic mass is 19.1. The molecular weight excluding hydrogens is 221 g/mol. The van der Waals surface area contributed by atoms with Gasteiger partial charge in [-0.05, 0) is 32.0 Å². The van der Waals surface area contributed by atoms with Crippen molar-refractivity contribution < 1.29 is 14.3 Å². The smallest absolute Gasteiger partial charge is 0.335 e. The average molecular weight is 235 g/mol. The van der Waals surface area contributed by atoms with E-state index in [0.717, 1.165) is 6.07 Å². The van der Waals surface area contributed by atoms with E-state index in [0.29, 0.717) is 0 Å². The Kier molecular flexibility index (Phi) is 3.87. The standard InChI is InChI=1S/C13H14FNO2/c1-4-13(2,3)15-8-10-7-9(12(16)17)5-6-11(10)14/h1,5-7,15H,8H2,2-3H3,(H,16,17). The number of halogens is 1. The molecule has 0 bridgehead atoms. The van der Waals surface area contributed by atoms with E-state index in [1.807, 2.05) is 0 Å². The molecule has 1 rings (SSSR count). The van der Waals surface area contributed by atoms with Crippen molar-refractivity contribution in [3.63, 3.8) is 0 Å². The highest BCUT2D eigenvalue weighted by Gasteiger charge is 2.14. The van der Waals surface area contributed by atoms with Crippen molar-refractivity contribution in [2.24, 2.45) is 0 Å². The van der Waals surface area contributed by atoms with Crippen LogP contribution in [0.4, 0.5) is 4.39 Å². The van der Waals surface area contributed by atoms with E-state index >= 15 is 0 Å². The minimum Gasteiger partial charge on any atom is -0.478 e. The summed E-state index contributed by atoms with van der Waals surface area (Å²) in [7, 11) is 0. The van der Waals surface area contributed by atoms with Crippen molar-refractivity contribution in [1.29, 1.82) is 0 Å². The molecule has 0 radical (unpaired) electrons. The van der Waals surface area contributed by atoms with Gasteiger partial charge in [0, 0.05) is 12.1 Å². The molecule has 1 aromatic rings. The van der Waals surface area contributed by atoms with Gasteiger partial charge in [-0.15, -0.1) is 6.42 Å². The van der Waals surface area contributed by atoms with E-state index < -0.39 is 17.3 Å². The van der Waals surface area contributed by atoms with E-state index in [2.05, 4.69) is 11.2 Å². The molecule has 3 nitrogen and oxygen atoms in total. The van der Waals surface area contributed by atoms with Crippen LogP contribution in [-0.2, 0) is 6.54 Å². The molecule has 0 spiro atoms. The van der Waals surface area contributed by atoms with Gasteiger partial charge < -0.3 is 5.11 Å². The Bertz CT molecular complexity index is 475. The van der Waals surface area contributed by atoms with Crippen LogP contribution in [-0.4, -0.2) is 16.6 Å². The Morgan fingerprint density at radius 2 is 2.24 bits per heavy atom. The monoisotopic (exact) mass is 235 g/mol. The molecule has 0 aliphatic carbocycles. The maximum atomic E-state index is 13.4. The number of rotatable bonds is 4. The normalized spacial score (nSPS) is 10.9. The lowest BCUT2D eigenvalue weighted by Gasteiger charge is -2.19. The molecule has 0 atom stereocenters. The van der Waals surface area contributed by atoms with Gasteiger partial charge >= 0.3 is 5.97 Å². The maximum absolute atomic E-state index is 13.4. The second-order valence-corrected chi connectivity index (χ2v) is 4.23. The number of aromatic carboxylic acids is 1. The van der Waals surface area contributed by atoms with E-state index in [1.165, 1.54) is 12.1 Å². The third-order valence-corrected chi connectivity index (χ3v) is 2.37. The largest absolute Gasteiger partial charge is 0.478 e. The van der Waals surface area contributed by atoms with Gasteiger partial charge in [0.2, 0.25) is 0 Å². The Morgan fingerprint density at radius 3 is 2.76 bits per heavy atom. The van der Waals surface area contributed by atoms with Crippen molar-refractivity contribution in [3.8, 4) is 12.3 Å². The molecule has 0 heterocycles. The van der Waals surface area contributed by atoms with E-state index in [-0.39, 0.29) is 17.7 Å². The third-order valence-electron chi connectivity index (χ3n) is 2.37. The number of hydrogen-bond donors (Lipinski definition) is 2. The van der Waals surface area contributed by atoms with Gasteiger partial charge in [0.1, 0.15) is 5.82 Å². The fourth-order valence-corrected chi connectivity index (χ4v) is 1.21. The molecule has 0 fully saturated rings. The minimum absolute atomic E-state index is 0.0571. The van der Waals surface area contributed by atoms with Gasteiger partial charge in [0.15, 0.2) is 0 Å². The fourth-order valence-electron chi connectivity index (χ4n) is 1.21. The van der Waals surface area contributed by atoms with E-state index in [9.17, 15) is 9.18 Å². The number of carboxylic acids is 1. The van der Waals surface area contributed by atoms with Gasteiger partial charge in [-0.25, -0.2) is 9.18 Å². The minimum atomic E-state index is -1.08. The maximum Gasteiger partial charge on any atom is 0.335 e.